The Morgan fingerprint density at radius 1 is 1.32 bits per heavy atom. The smallest absolute Gasteiger partial charge is 0.352 e. The molecule has 0 saturated carbocycles. The van der Waals surface area contributed by atoms with Gasteiger partial charge in [0.25, 0.3) is 0 Å². The number of halogens is 3. The minimum Gasteiger partial charge on any atom is -0.495 e. The molecule has 0 aliphatic rings. The summed E-state index contributed by atoms with van der Waals surface area (Å²) < 4.78 is 9.27. The summed E-state index contributed by atoms with van der Waals surface area (Å²) in [6.45, 7) is 0. The maximum absolute atomic E-state index is 11.3. The van der Waals surface area contributed by atoms with Crippen LogP contribution >= 0.6 is 54.5 Å². The first-order valence-corrected chi connectivity index (χ1v) is 7.75. The van der Waals surface area contributed by atoms with Crippen molar-refractivity contribution in [2.45, 2.75) is 0 Å². The van der Waals surface area contributed by atoms with Crippen LogP contribution in [-0.2, 0) is 0 Å². The number of carbonyl (C=O) groups is 1. The second-order valence-corrected chi connectivity index (χ2v) is 6.61. The molecule has 0 amide bonds. The first-order chi connectivity index (χ1) is 8.93. The van der Waals surface area contributed by atoms with E-state index in [0.717, 1.165) is 12.5 Å². The van der Waals surface area contributed by atoms with Crippen LogP contribution in [0.2, 0.25) is 0 Å². The van der Waals surface area contributed by atoms with Crippen LogP contribution in [0, 0.1) is 3.57 Å². The summed E-state index contributed by atoms with van der Waals surface area (Å²) in [5, 5.41) is 9.23. The highest BCUT2D eigenvalue weighted by molar-refractivity contribution is 14.1. The number of hydrogen-bond donors (Lipinski definition) is 1. The lowest BCUT2D eigenvalue weighted by atomic mass is 10.3. The standard InChI is InChI=1S/C12H8Br2INO3/c1-19-11-4-9(7(13)3-8(11)14)16-5-6(15)2-10(16)12(17)18/h2-5H,1H3,(H,17,18). The molecule has 1 aromatic carbocycles. The molecule has 2 aromatic rings. The number of rotatable bonds is 3. The Morgan fingerprint density at radius 2 is 2.00 bits per heavy atom. The van der Waals surface area contributed by atoms with Crippen LogP contribution in [0.15, 0.2) is 33.3 Å². The Balaban J connectivity index is 2.68. The third-order valence-corrected chi connectivity index (χ3v) is 4.33. The molecule has 0 saturated heterocycles. The third kappa shape index (κ3) is 2.97. The molecule has 1 aromatic heterocycles. The fourth-order valence-corrected chi connectivity index (χ4v) is 3.57. The van der Waals surface area contributed by atoms with Crippen LogP contribution in [0.3, 0.4) is 0 Å². The van der Waals surface area contributed by atoms with E-state index in [1.807, 2.05) is 6.07 Å². The molecule has 2 rings (SSSR count). The van der Waals surface area contributed by atoms with Crippen molar-refractivity contribution in [1.29, 1.82) is 0 Å². The second kappa shape index (κ2) is 5.84. The number of benzene rings is 1. The molecule has 0 aliphatic carbocycles. The molecule has 0 unspecified atom stereocenters. The number of hydrogen-bond acceptors (Lipinski definition) is 2. The third-order valence-electron chi connectivity index (χ3n) is 2.49. The molecule has 19 heavy (non-hydrogen) atoms. The normalized spacial score (nSPS) is 10.5. The molecular formula is C12H8Br2INO3. The number of aromatic carboxylic acids is 1. The van der Waals surface area contributed by atoms with E-state index >= 15 is 0 Å². The van der Waals surface area contributed by atoms with Crippen molar-refractivity contribution in [2.24, 2.45) is 0 Å². The Bertz CT molecular complexity index is 655. The zero-order chi connectivity index (χ0) is 14.2. The molecule has 0 bridgehead atoms. The number of carboxylic acid groups (broad SMARTS) is 1. The van der Waals surface area contributed by atoms with Gasteiger partial charge in [-0.2, -0.15) is 0 Å². The minimum absolute atomic E-state index is 0.203. The number of ether oxygens (including phenoxy) is 1. The number of methoxy groups -OCH3 is 1. The molecule has 0 spiro atoms. The molecular weight excluding hydrogens is 493 g/mol. The predicted octanol–water partition coefficient (Wildman–Crippen LogP) is 4.31. The molecule has 0 radical (unpaired) electrons. The van der Waals surface area contributed by atoms with E-state index in [9.17, 15) is 9.90 Å². The molecule has 0 aliphatic heterocycles. The molecule has 1 N–H and O–H groups in total. The van der Waals surface area contributed by atoms with Gasteiger partial charge in [0.05, 0.1) is 17.3 Å². The topological polar surface area (TPSA) is 51.5 Å². The average Bonchev–Trinajstić information content (AvgIpc) is 2.71. The molecule has 1 heterocycles. The Hall–Kier alpha value is -0.540. The zero-order valence-electron chi connectivity index (χ0n) is 9.65. The second-order valence-electron chi connectivity index (χ2n) is 3.66. The average molecular weight is 501 g/mol. The Labute approximate surface area is 140 Å². The molecule has 0 fully saturated rings. The first kappa shape index (κ1) is 14.9. The van der Waals surface area contributed by atoms with Gasteiger partial charge in [0, 0.05) is 20.3 Å². The maximum Gasteiger partial charge on any atom is 0.352 e. The fraction of sp³-hybridized carbons (Fsp3) is 0.0833. The van der Waals surface area contributed by atoms with Crippen molar-refractivity contribution in [2.75, 3.05) is 7.11 Å². The van der Waals surface area contributed by atoms with Crippen molar-refractivity contribution in [3.05, 3.63) is 42.6 Å². The highest BCUT2D eigenvalue weighted by Gasteiger charge is 2.16. The predicted molar refractivity (Wildman–Crippen MR) is 87.4 cm³/mol. The van der Waals surface area contributed by atoms with Crippen molar-refractivity contribution in [3.63, 3.8) is 0 Å². The number of nitrogens with zero attached hydrogens (tertiary/aromatic N) is 1. The maximum atomic E-state index is 11.3. The van der Waals surface area contributed by atoms with Crippen molar-refractivity contribution >= 4 is 60.4 Å². The van der Waals surface area contributed by atoms with E-state index in [-0.39, 0.29) is 5.69 Å². The monoisotopic (exact) mass is 499 g/mol. The Kier molecular flexibility index (Phi) is 4.57. The van der Waals surface area contributed by atoms with Gasteiger partial charge in [-0.1, -0.05) is 0 Å². The number of carboxylic acids is 1. The number of aromatic nitrogens is 1. The van der Waals surface area contributed by atoms with E-state index in [0.29, 0.717) is 11.4 Å². The lowest BCUT2D eigenvalue weighted by Gasteiger charge is -2.12. The van der Waals surface area contributed by atoms with Crippen LogP contribution in [0.25, 0.3) is 5.69 Å². The zero-order valence-corrected chi connectivity index (χ0v) is 15.0. The van der Waals surface area contributed by atoms with E-state index < -0.39 is 5.97 Å². The van der Waals surface area contributed by atoms with Crippen LogP contribution in [0.5, 0.6) is 5.75 Å². The van der Waals surface area contributed by atoms with Crippen LogP contribution in [0.4, 0.5) is 0 Å². The molecule has 0 atom stereocenters. The summed E-state index contributed by atoms with van der Waals surface area (Å²) in [7, 11) is 1.56. The fourth-order valence-electron chi connectivity index (χ4n) is 1.65. The van der Waals surface area contributed by atoms with Crippen LogP contribution < -0.4 is 4.74 Å². The summed E-state index contributed by atoms with van der Waals surface area (Å²) >= 11 is 8.91. The lowest BCUT2D eigenvalue weighted by molar-refractivity contribution is 0.0688. The molecule has 100 valence electrons. The van der Waals surface area contributed by atoms with Gasteiger partial charge < -0.3 is 14.4 Å². The van der Waals surface area contributed by atoms with Gasteiger partial charge >= 0.3 is 5.97 Å². The van der Waals surface area contributed by atoms with E-state index in [1.165, 1.54) is 0 Å². The van der Waals surface area contributed by atoms with Gasteiger partial charge in [0.2, 0.25) is 0 Å². The SMILES string of the molecule is COc1cc(-n2cc(I)cc2C(=O)O)c(Br)cc1Br. The Morgan fingerprint density at radius 3 is 2.58 bits per heavy atom. The van der Waals surface area contributed by atoms with Crippen LogP contribution in [0.1, 0.15) is 10.5 Å². The highest BCUT2D eigenvalue weighted by atomic mass is 127. The summed E-state index contributed by atoms with van der Waals surface area (Å²) in [6, 6.07) is 5.22. The van der Waals surface area contributed by atoms with Gasteiger partial charge in [-0.05, 0) is 66.6 Å². The highest BCUT2D eigenvalue weighted by Crippen LogP contribution is 2.34. The van der Waals surface area contributed by atoms with Gasteiger partial charge in [0.1, 0.15) is 11.4 Å². The van der Waals surface area contributed by atoms with Crippen molar-refractivity contribution in [3.8, 4) is 11.4 Å². The summed E-state index contributed by atoms with van der Waals surface area (Å²) in [6.07, 6.45) is 1.76. The van der Waals surface area contributed by atoms with Gasteiger partial charge in [-0.15, -0.1) is 0 Å². The van der Waals surface area contributed by atoms with Crippen LogP contribution in [-0.4, -0.2) is 22.8 Å². The van der Waals surface area contributed by atoms with Gasteiger partial charge in [-0.3, -0.25) is 0 Å². The summed E-state index contributed by atoms with van der Waals surface area (Å²) in [5.74, 6) is -0.338. The first-order valence-electron chi connectivity index (χ1n) is 5.08. The van der Waals surface area contributed by atoms with E-state index in [4.69, 9.17) is 4.74 Å². The molecule has 4 nitrogen and oxygen atoms in total. The van der Waals surface area contributed by atoms with E-state index in [2.05, 4.69) is 54.5 Å². The lowest BCUT2D eigenvalue weighted by Crippen LogP contribution is -2.06. The summed E-state index contributed by atoms with van der Waals surface area (Å²) in [5.41, 5.74) is 0.912. The minimum atomic E-state index is -0.975. The van der Waals surface area contributed by atoms with E-state index in [1.54, 1.807) is 30.0 Å². The largest absolute Gasteiger partial charge is 0.495 e. The van der Waals surface area contributed by atoms with Gasteiger partial charge in [-0.25, -0.2) is 4.79 Å². The quantitative estimate of drug-likeness (QED) is 0.639. The molecule has 7 heteroatoms. The van der Waals surface area contributed by atoms with Gasteiger partial charge in [0.15, 0.2) is 0 Å². The van der Waals surface area contributed by atoms with Crippen molar-refractivity contribution in [1.82, 2.24) is 4.57 Å². The summed E-state index contributed by atoms with van der Waals surface area (Å²) in [4.78, 5) is 11.3. The van der Waals surface area contributed by atoms with Crippen molar-refractivity contribution < 1.29 is 14.6 Å².